The van der Waals surface area contributed by atoms with E-state index in [4.69, 9.17) is 10.5 Å². The van der Waals surface area contributed by atoms with Gasteiger partial charge in [0.15, 0.2) is 0 Å². The van der Waals surface area contributed by atoms with Crippen LogP contribution in [-0.2, 0) is 16.0 Å². The molecule has 0 bridgehead atoms. The van der Waals surface area contributed by atoms with Gasteiger partial charge in [0.25, 0.3) is 0 Å². The average Bonchev–Trinajstić information content (AvgIpc) is 2.46. The number of amides is 1. The molecule has 0 heterocycles. The molecule has 0 aliphatic heterocycles. The molecule has 4 heteroatoms. The van der Waals surface area contributed by atoms with Crippen molar-refractivity contribution in [2.24, 2.45) is 5.73 Å². The molecule has 0 saturated heterocycles. The monoisotopic (exact) mass is 292 g/mol. The summed E-state index contributed by atoms with van der Waals surface area (Å²) < 4.78 is 4.97. The largest absolute Gasteiger partial charge is 0.385 e. The Hall–Kier alpha value is -1.39. The summed E-state index contributed by atoms with van der Waals surface area (Å²) in [7, 11) is 1.65. The van der Waals surface area contributed by atoms with Crippen LogP contribution in [0.5, 0.6) is 0 Å². The summed E-state index contributed by atoms with van der Waals surface area (Å²) in [6.45, 7) is 4.71. The van der Waals surface area contributed by atoms with E-state index in [1.54, 1.807) is 7.11 Å². The number of hydrogen-bond acceptors (Lipinski definition) is 3. The van der Waals surface area contributed by atoms with Gasteiger partial charge in [-0.25, -0.2) is 0 Å². The van der Waals surface area contributed by atoms with E-state index in [0.717, 1.165) is 19.3 Å². The average molecular weight is 292 g/mol. The van der Waals surface area contributed by atoms with E-state index in [-0.39, 0.29) is 11.4 Å². The first-order chi connectivity index (χ1) is 9.94. The van der Waals surface area contributed by atoms with Gasteiger partial charge in [0, 0.05) is 19.3 Å². The molecule has 118 valence electrons. The summed E-state index contributed by atoms with van der Waals surface area (Å²) in [5, 5.41) is 3.05. The lowest BCUT2D eigenvalue weighted by molar-refractivity contribution is -0.124. The van der Waals surface area contributed by atoms with Crippen LogP contribution in [0.25, 0.3) is 0 Å². The van der Waals surface area contributed by atoms with Gasteiger partial charge in [-0.3, -0.25) is 4.79 Å². The summed E-state index contributed by atoms with van der Waals surface area (Å²) in [5.74, 6) is -0.0795. The molecule has 4 nitrogen and oxygen atoms in total. The highest BCUT2D eigenvalue weighted by atomic mass is 16.5. The zero-order chi connectivity index (χ0) is 15.7. The van der Waals surface area contributed by atoms with Crippen LogP contribution in [-0.4, -0.2) is 31.2 Å². The number of nitrogens with two attached hydrogens (primary N) is 1. The fourth-order valence-electron chi connectivity index (χ4n) is 2.17. The Morgan fingerprint density at radius 1 is 1.33 bits per heavy atom. The lowest BCUT2D eigenvalue weighted by Crippen LogP contribution is -2.50. The van der Waals surface area contributed by atoms with Crippen molar-refractivity contribution in [2.75, 3.05) is 13.7 Å². The predicted molar refractivity (Wildman–Crippen MR) is 86.1 cm³/mol. The van der Waals surface area contributed by atoms with E-state index in [2.05, 4.69) is 17.4 Å². The van der Waals surface area contributed by atoms with Crippen LogP contribution in [0.1, 0.15) is 38.7 Å². The zero-order valence-corrected chi connectivity index (χ0v) is 13.4. The minimum atomic E-state index is -0.462. The summed E-state index contributed by atoms with van der Waals surface area (Å²) in [4.78, 5) is 12.1. The Kier molecular flexibility index (Phi) is 7.40. The van der Waals surface area contributed by atoms with Crippen LogP contribution < -0.4 is 11.1 Å². The van der Waals surface area contributed by atoms with E-state index >= 15 is 0 Å². The Labute approximate surface area is 128 Å². The number of nitrogens with one attached hydrogen (secondary N) is 1. The number of carbonyl (C=O) groups excluding carboxylic acids is 1. The Bertz CT molecular complexity index is 418. The van der Waals surface area contributed by atoms with Gasteiger partial charge in [-0.2, -0.15) is 0 Å². The molecule has 0 spiro atoms. The molecule has 0 aliphatic carbocycles. The van der Waals surface area contributed by atoms with Crippen molar-refractivity contribution in [3.63, 3.8) is 0 Å². The third-order valence-corrected chi connectivity index (χ3v) is 3.54. The van der Waals surface area contributed by atoms with Crippen LogP contribution >= 0.6 is 0 Å². The number of aryl methyl sites for hydroxylation is 1. The SMILES string of the molecule is COCCCC(N)C(=O)NC(C)(C)CCc1ccccc1. The van der Waals surface area contributed by atoms with Crippen LogP contribution in [0.15, 0.2) is 30.3 Å². The molecule has 0 saturated carbocycles. The lowest BCUT2D eigenvalue weighted by atomic mass is 9.94. The number of hydrogen-bond donors (Lipinski definition) is 2. The fourth-order valence-corrected chi connectivity index (χ4v) is 2.17. The maximum Gasteiger partial charge on any atom is 0.237 e. The van der Waals surface area contributed by atoms with E-state index in [1.807, 2.05) is 32.0 Å². The van der Waals surface area contributed by atoms with Crippen molar-refractivity contribution < 1.29 is 9.53 Å². The number of rotatable bonds is 9. The van der Waals surface area contributed by atoms with Crippen molar-refractivity contribution in [1.29, 1.82) is 0 Å². The summed E-state index contributed by atoms with van der Waals surface area (Å²) in [6.07, 6.45) is 3.27. The second kappa shape index (κ2) is 8.80. The maximum atomic E-state index is 12.1. The van der Waals surface area contributed by atoms with Gasteiger partial charge >= 0.3 is 0 Å². The van der Waals surface area contributed by atoms with Crippen LogP contribution in [0, 0.1) is 0 Å². The number of ether oxygens (including phenoxy) is 1. The maximum absolute atomic E-state index is 12.1. The highest BCUT2D eigenvalue weighted by Gasteiger charge is 2.23. The minimum Gasteiger partial charge on any atom is -0.385 e. The normalized spacial score (nSPS) is 13.0. The molecule has 1 aromatic carbocycles. The second-order valence-corrected chi connectivity index (χ2v) is 6.10. The first-order valence-corrected chi connectivity index (χ1v) is 7.55. The molecule has 0 aliphatic rings. The van der Waals surface area contributed by atoms with Gasteiger partial charge in [0.1, 0.15) is 0 Å². The van der Waals surface area contributed by atoms with Crippen molar-refractivity contribution in [1.82, 2.24) is 5.32 Å². The molecule has 0 fully saturated rings. The van der Waals surface area contributed by atoms with Gasteiger partial charge < -0.3 is 15.8 Å². The molecule has 0 aromatic heterocycles. The smallest absolute Gasteiger partial charge is 0.237 e. The van der Waals surface area contributed by atoms with E-state index < -0.39 is 6.04 Å². The lowest BCUT2D eigenvalue weighted by Gasteiger charge is -2.28. The molecular weight excluding hydrogens is 264 g/mol. The quantitative estimate of drug-likeness (QED) is 0.686. The fraction of sp³-hybridized carbons (Fsp3) is 0.588. The highest BCUT2D eigenvalue weighted by molar-refractivity contribution is 5.82. The molecule has 1 aromatic rings. The summed E-state index contributed by atoms with van der Waals surface area (Å²) in [5.41, 5.74) is 6.93. The van der Waals surface area contributed by atoms with Crippen molar-refractivity contribution >= 4 is 5.91 Å². The van der Waals surface area contributed by atoms with Crippen molar-refractivity contribution in [3.05, 3.63) is 35.9 Å². The molecule has 1 amide bonds. The number of methoxy groups -OCH3 is 1. The van der Waals surface area contributed by atoms with Crippen LogP contribution in [0.4, 0.5) is 0 Å². The van der Waals surface area contributed by atoms with Gasteiger partial charge in [0.05, 0.1) is 6.04 Å². The second-order valence-electron chi connectivity index (χ2n) is 6.10. The first kappa shape index (κ1) is 17.7. The van der Waals surface area contributed by atoms with Crippen LogP contribution in [0.2, 0.25) is 0 Å². The Balaban J connectivity index is 2.38. The minimum absolute atomic E-state index is 0.0795. The van der Waals surface area contributed by atoms with Gasteiger partial charge in [0.2, 0.25) is 5.91 Å². The molecule has 1 rings (SSSR count). The van der Waals surface area contributed by atoms with Crippen LogP contribution in [0.3, 0.4) is 0 Å². The molecule has 1 atom stereocenters. The first-order valence-electron chi connectivity index (χ1n) is 7.55. The molecule has 0 radical (unpaired) electrons. The van der Waals surface area contributed by atoms with E-state index in [9.17, 15) is 4.79 Å². The number of carbonyl (C=O) groups is 1. The zero-order valence-electron chi connectivity index (χ0n) is 13.4. The molecule has 1 unspecified atom stereocenters. The van der Waals surface area contributed by atoms with Gasteiger partial charge in [-0.1, -0.05) is 30.3 Å². The third kappa shape index (κ3) is 7.25. The topological polar surface area (TPSA) is 64.3 Å². The Morgan fingerprint density at radius 3 is 2.62 bits per heavy atom. The van der Waals surface area contributed by atoms with Crippen molar-refractivity contribution in [2.45, 2.75) is 51.1 Å². The summed E-state index contributed by atoms with van der Waals surface area (Å²) in [6, 6.07) is 9.83. The van der Waals surface area contributed by atoms with E-state index in [0.29, 0.717) is 13.0 Å². The molecule has 21 heavy (non-hydrogen) atoms. The van der Waals surface area contributed by atoms with Gasteiger partial charge in [-0.15, -0.1) is 0 Å². The predicted octanol–water partition coefficient (Wildman–Crippen LogP) is 2.27. The molecule has 3 N–H and O–H groups in total. The third-order valence-electron chi connectivity index (χ3n) is 3.54. The molecular formula is C17H28N2O2. The standard InChI is InChI=1S/C17H28N2O2/c1-17(2,12-11-14-8-5-4-6-9-14)19-16(20)15(18)10-7-13-21-3/h4-6,8-9,15H,7,10-13,18H2,1-3H3,(H,19,20). The van der Waals surface area contributed by atoms with Crippen molar-refractivity contribution in [3.8, 4) is 0 Å². The Morgan fingerprint density at radius 2 is 2.00 bits per heavy atom. The highest BCUT2D eigenvalue weighted by Crippen LogP contribution is 2.14. The number of benzene rings is 1. The van der Waals surface area contributed by atoms with E-state index in [1.165, 1.54) is 5.56 Å². The summed E-state index contributed by atoms with van der Waals surface area (Å²) >= 11 is 0. The van der Waals surface area contributed by atoms with Gasteiger partial charge in [-0.05, 0) is 45.1 Å².